The molecule has 1 atom stereocenters. The lowest BCUT2D eigenvalue weighted by Gasteiger charge is -2.19. The molecule has 2 rings (SSSR count). The van der Waals surface area contributed by atoms with Gasteiger partial charge in [0.25, 0.3) is 0 Å². The lowest BCUT2D eigenvalue weighted by Crippen LogP contribution is -2.09. The van der Waals surface area contributed by atoms with Gasteiger partial charge in [-0.25, -0.2) is 0 Å². The predicted molar refractivity (Wildman–Crippen MR) is 88.9 cm³/mol. The van der Waals surface area contributed by atoms with E-state index in [0.717, 1.165) is 24.1 Å². The number of aryl methyl sites for hydroxylation is 1. The summed E-state index contributed by atoms with van der Waals surface area (Å²) >= 11 is 12.4. The molecule has 0 heterocycles. The Bertz CT molecular complexity index is 581. The fourth-order valence-electron chi connectivity index (χ4n) is 2.31. The predicted octanol–water partition coefficient (Wildman–Crippen LogP) is 6.12. The lowest BCUT2D eigenvalue weighted by molar-refractivity contribution is 0.867. The maximum absolute atomic E-state index is 6.28. The third-order valence-electron chi connectivity index (χ3n) is 3.36. The van der Waals surface area contributed by atoms with Crippen LogP contribution in [0.5, 0.6) is 0 Å². The van der Waals surface area contributed by atoms with Gasteiger partial charge in [-0.2, -0.15) is 0 Å². The average Bonchev–Trinajstić information content (AvgIpc) is 2.44. The van der Waals surface area contributed by atoms with Crippen LogP contribution in [-0.4, -0.2) is 0 Å². The molecule has 0 aliphatic carbocycles. The zero-order valence-electron chi connectivity index (χ0n) is 11.8. The molecule has 2 aromatic rings. The van der Waals surface area contributed by atoms with E-state index in [-0.39, 0.29) is 6.04 Å². The first-order chi connectivity index (χ1) is 9.63. The van der Waals surface area contributed by atoms with Crippen molar-refractivity contribution < 1.29 is 0 Å². The number of anilines is 1. The Morgan fingerprint density at radius 2 is 1.80 bits per heavy atom. The average molecular weight is 308 g/mol. The van der Waals surface area contributed by atoms with Gasteiger partial charge in [0.2, 0.25) is 0 Å². The zero-order valence-corrected chi connectivity index (χ0v) is 13.3. The molecule has 1 N–H and O–H groups in total. The maximum Gasteiger partial charge on any atom is 0.0644 e. The van der Waals surface area contributed by atoms with Crippen LogP contribution in [0, 0.1) is 0 Å². The number of halogens is 2. The van der Waals surface area contributed by atoms with Crippen molar-refractivity contribution in [3.63, 3.8) is 0 Å². The largest absolute Gasteiger partial charge is 0.378 e. The van der Waals surface area contributed by atoms with Crippen LogP contribution < -0.4 is 5.32 Å². The van der Waals surface area contributed by atoms with Crippen LogP contribution in [0.15, 0.2) is 42.5 Å². The van der Waals surface area contributed by atoms with Crippen molar-refractivity contribution in [1.29, 1.82) is 0 Å². The van der Waals surface area contributed by atoms with Gasteiger partial charge in [0.05, 0.1) is 16.1 Å². The second kappa shape index (κ2) is 7.01. The van der Waals surface area contributed by atoms with E-state index in [4.69, 9.17) is 23.2 Å². The summed E-state index contributed by atoms with van der Waals surface area (Å²) in [6, 6.07) is 14.3. The Hall–Kier alpha value is -1.18. The fraction of sp³-hybridized carbons (Fsp3) is 0.294. The molecule has 0 saturated heterocycles. The Morgan fingerprint density at radius 1 is 1.05 bits per heavy atom. The topological polar surface area (TPSA) is 12.0 Å². The number of nitrogens with one attached hydrogen (secondary N) is 1. The summed E-state index contributed by atoms with van der Waals surface area (Å²) in [7, 11) is 0. The van der Waals surface area contributed by atoms with Crippen LogP contribution in [0.4, 0.5) is 5.69 Å². The first-order valence-electron chi connectivity index (χ1n) is 6.91. The van der Waals surface area contributed by atoms with E-state index in [0.29, 0.717) is 10.0 Å². The van der Waals surface area contributed by atoms with Crippen molar-refractivity contribution in [3.05, 3.63) is 63.6 Å². The summed E-state index contributed by atoms with van der Waals surface area (Å²) in [5.74, 6) is 0. The molecule has 0 bridgehead atoms. The summed E-state index contributed by atoms with van der Waals surface area (Å²) < 4.78 is 0. The van der Waals surface area contributed by atoms with Crippen LogP contribution in [0.1, 0.15) is 37.4 Å². The highest BCUT2D eigenvalue weighted by molar-refractivity contribution is 6.42. The summed E-state index contributed by atoms with van der Waals surface area (Å²) in [6.07, 6.45) is 2.20. The first kappa shape index (κ1) is 15.2. The highest BCUT2D eigenvalue weighted by Gasteiger charge is 2.12. The molecular weight excluding hydrogens is 289 g/mol. The Balaban J connectivity index is 2.23. The molecule has 0 aliphatic rings. The molecule has 1 nitrogen and oxygen atoms in total. The standard InChI is InChI=1S/C17H19Cl2N/c1-3-7-13-8-4-5-11-16(13)20-12(2)14-9-6-10-15(18)17(14)19/h4-6,8-12,20H,3,7H2,1-2H3. The molecule has 0 aromatic heterocycles. The number of benzene rings is 2. The minimum Gasteiger partial charge on any atom is -0.378 e. The molecule has 0 aliphatic heterocycles. The molecule has 0 saturated carbocycles. The minimum atomic E-state index is 0.110. The maximum atomic E-state index is 6.28. The molecule has 0 amide bonds. The number of hydrogen-bond donors (Lipinski definition) is 1. The van der Waals surface area contributed by atoms with Crippen LogP contribution >= 0.6 is 23.2 Å². The summed E-state index contributed by atoms with van der Waals surface area (Å²) in [5.41, 5.74) is 3.52. The second-order valence-corrected chi connectivity index (χ2v) is 5.70. The molecule has 1 unspecified atom stereocenters. The van der Waals surface area contributed by atoms with Gasteiger partial charge in [0.1, 0.15) is 0 Å². The van der Waals surface area contributed by atoms with Gasteiger partial charge < -0.3 is 5.32 Å². The highest BCUT2D eigenvalue weighted by Crippen LogP contribution is 2.32. The van der Waals surface area contributed by atoms with E-state index in [2.05, 4.69) is 37.4 Å². The molecule has 0 spiro atoms. The normalized spacial score (nSPS) is 12.2. The lowest BCUT2D eigenvalue weighted by atomic mass is 10.0. The van der Waals surface area contributed by atoms with Crippen LogP contribution in [0.25, 0.3) is 0 Å². The van der Waals surface area contributed by atoms with Gasteiger partial charge in [0.15, 0.2) is 0 Å². The van der Waals surface area contributed by atoms with Crippen LogP contribution in [-0.2, 0) is 6.42 Å². The number of hydrogen-bond acceptors (Lipinski definition) is 1. The Morgan fingerprint density at radius 3 is 2.55 bits per heavy atom. The Kier molecular flexibility index (Phi) is 5.33. The molecule has 0 radical (unpaired) electrons. The molecule has 106 valence electrons. The summed E-state index contributed by atoms with van der Waals surface area (Å²) in [6.45, 7) is 4.29. The highest BCUT2D eigenvalue weighted by atomic mass is 35.5. The SMILES string of the molecule is CCCc1ccccc1NC(C)c1cccc(Cl)c1Cl. The third-order valence-corrected chi connectivity index (χ3v) is 4.19. The quantitative estimate of drug-likeness (QED) is 0.701. The molecule has 3 heteroatoms. The second-order valence-electron chi connectivity index (χ2n) is 4.92. The van der Waals surface area contributed by atoms with Crippen LogP contribution in [0.2, 0.25) is 10.0 Å². The van der Waals surface area contributed by atoms with Crippen molar-refractivity contribution in [3.8, 4) is 0 Å². The van der Waals surface area contributed by atoms with Crippen molar-refractivity contribution >= 4 is 28.9 Å². The monoisotopic (exact) mass is 307 g/mol. The van der Waals surface area contributed by atoms with E-state index in [1.165, 1.54) is 5.56 Å². The smallest absolute Gasteiger partial charge is 0.0644 e. The van der Waals surface area contributed by atoms with Crippen molar-refractivity contribution in [2.24, 2.45) is 0 Å². The van der Waals surface area contributed by atoms with Gasteiger partial charge in [-0.3, -0.25) is 0 Å². The number of para-hydroxylation sites is 1. The van der Waals surface area contributed by atoms with E-state index < -0.39 is 0 Å². The van der Waals surface area contributed by atoms with Gasteiger partial charge in [-0.1, -0.05) is 66.9 Å². The van der Waals surface area contributed by atoms with Crippen molar-refractivity contribution in [2.45, 2.75) is 32.7 Å². The van der Waals surface area contributed by atoms with Gasteiger partial charge in [-0.15, -0.1) is 0 Å². The van der Waals surface area contributed by atoms with E-state index >= 15 is 0 Å². The van der Waals surface area contributed by atoms with Crippen molar-refractivity contribution in [2.75, 3.05) is 5.32 Å². The van der Waals surface area contributed by atoms with Gasteiger partial charge >= 0.3 is 0 Å². The van der Waals surface area contributed by atoms with E-state index in [1.807, 2.05) is 24.3 Å². The van der Waals surface area contributed by atoms with E-state index in [9.17, 15) is 0 Å². The molecule has 0 fully saturated rings. The van der Waals surface area contributed by atoms with Gasteiger partial charge in [0, 0.05) is 5.69 Å². The van der Waals surface area contributed by atoms with E-state index in [1.54, 1.807) is 0 Å². The fourth-order valence-corrected chi connectivity index (χ4v) is 2.79. The zero-order chi connectivity index (χ0) is 14.5. The third kappa shape index (κ3) is 3.47. The minimum absolute atomic E-state index is 0.110. The summed E-state index contributed by atoms with van der Waals surface area (Å²) in [4.78, 5) is 0. The van der Waals surface area contributed by atoms with Crippen LogP contribution in [0.3, 0.4) is 0 Å². The van der Waals surface area contributed by atoms with Crippen molar-refractivity contribution in [1.82, 2.24) is 0 Å². The van der Waals surface area contributed by atoms with Gasteiger partial charge in [-0.05, 0) is 36.6 Å². The summed E-state index contributed by atoms with van der Waals surface area (Å²) in [5, 5.41) is 4.76. The molecule has 20 heavy (non-hydrogen) atoms. The molecule has 2 aromatic carbocycles. The number of rotatable bonds is 5. The Labute approximate surface area is 130 Å². The molecular formula is C17H19Cl2N. The first-order valence-corrected chi connectivity index (χ1v) is 7.67.